The maximum absolute atomic E-state index is 11.6. The van der Waals surface area contributed by atoms with Crippen LogP contribution in [0.5, 0.6) is 0 Å². The van der Waals surface area contributed by atoms with Crippen LogP contribution in [0.3, 0.4) is 0 Å². The Kier molecular flexibility index (Phi) is 8.16. The monoisotopic (exact) mass is 453 g/mol. The summed E-state index contributed by atoms with van der Waals surface area (Å²) in [6, 6.07) is 9.86. The number of nitrogens with one attached hydrogen (secondary N) is 2. The molecule has 1 amide bonds. The van der Waals surface area contributed by atoms with Crippen LogP contribution in [0.15, 0.2) is 42.7 Å². The lowest BCUT2D eigenvalue weighted by Crippen LogP contribution is -2.32. The van der Waals surface area contributed by atoms with Gasteiger partial charge in [0.2, 0.25) is 0 Å². The number of ether oxygens (including phenoxy) is 1. The number of unbranched alkanes of at least 4 members (excludes halogenated alkanes) is 2. The van der Waals surface area contributed by atoms with Gasteiger partial charge >= 0.3 is 6.09 Å². The van der Waals surface area contributed by atoms with Crippen LogP contribution in [0.4, 0.5) is 16.4 Å². The van der Waals surface area contributed by atoms with Crippen LogP contribution in [0.1, 0.15) is 50.6 Å². The molecule has 2 N–H and O–H groups in total. The molecule has 0 aliphatic heterocycles. The van der Waals surface area contributed by atoms with E-state index >= 15 is 0 Å². The SMILES string of the molecule is Cc1ccnc(Nc2cccc(-c3cnc(CCCCCNC(=O)OC(C)(C)C)s3)n2)c1. The van der Waals surface area contributed by atoms with Crippen molar-refractivity contribution < 1.29 is 9.53 Å². The Morgan fingerprint density at radius 3 is 2.72 bits per heavy atom. The highest BCUT2D eigenvalue weighted by molar-refractivity contribution is 7.15. The van der Waals surface area contributed by atoms with Gasteiger partial charge in [-0.15, -0.1) is 11.3 Å². The number of thiazole rings is 1. The van der Waals surface area contributed by atoms with Gasteiger partial charge in [0, 0.05) is 18.9 Å². The molecule has 0 fully saturated rings. The second kappa shape index (κ2) is 11.0. The maximum Gasteiger partial charge on any atom is 0.407 e. The molecule has 0 aliphatic carbocycles. The summed E-state index contributed by atoms with van der Waals surface area (Å²) in [6.45, 7) is 8.24. The van der Waals surface area contributed by atoms with Crippen molar-refractivity contribution in [3.63, 3.8) is 0 Å². The number of pyridine rings is 2. The van der Waals surface area contributed by atoms with Gasteiger partial charge in [0.25, 0.3) is 0 Å². The van der Waals surface area contributed by atoms with Gasteiger partial charge in [-0.2, -0.15) is 0 Å². The topological polar surface area (TPSA) is 89.0 Å². The minimum atomic E-state index is -0.464. The number of carbonyl (C=O) groups excluding carboxylic acids is 1. The lowest BCUT2D eigenvalue weighted by Gasteiger charge is -2.19. The first-order valence-electron chi connectivity index (χ1n) is 10.9. The molecule has 8 heteroatoms. The molecule has 0 bridgehead atoms. The highest BCUT2D eigenvalue weighted by Gasteiger charge is 2.15. The van der Waals surface area contributed by atoms with E-state index in [0.717, 1.165) is 58.5 Å². The maximum atomic E-state index is 11.6. The average molecular weight is 454 g/mol. The van der Waals surface area contributed by atoms with E-state index in [0.29, 0.717) is 6.54 Å². The van der Waals surface area contributed by atoms with Crippen molar-refractivity contribution in [1.82, 2.24) is 20.3 Å². The molecule has 7 nitrogen and oxygen atoms in total. The zero-order chi connectivity index (χ0) is 23.0. The number of amides is 1. The van der Waals surface area contributed by atoms with E-state index in [-0.39, 0.29) is 6.09 Å². The molecule has 3 heterocycles. The minimum Gasteiger partial charge on any atom is -0.444 e. The number of hydrogen-bond acceptors (Lipinski definition) is 7. The summed E-state index contributed by atoms with van der Waals surface area (Å²) in [6.07, 6.45) is 7.20. The van der Waals surface area contributed by atoms with Gasteiger partial charge in [-0.25, -0.2) is 19.7 Å². The van der Waals surface area contributed by atoms with Gasteiger partial charge in [0.1, 0.15) is 17.2 Å². The number of aryl methyl sites for hydroxylation is 2. The Morgan fingerprint density at radius 2 is 1.94 bits per heavy atom. The first-order chi connectivity index (χ1) is 15.3. The second-order valence-corrected chi connectivity index (χ2v) is 9.72. The summed E-state index contributed by atoms with van der Waals surface area (Å²) >= 11 is 1.67. The molecule has 3 aromatic rings. The Bertz CT molecular complexity index is 1030. The zero-order valence-corrected chi connectivity index (χ0v) is 20.0. The fourth-order valence-corrected chi connectivity index (χ4v) is 3.93. The van der Waals surface area contributed by atoms with E-state index in [1.807, 2.05) is 64.2 Å². The van der Waals surface area contributed by atoms with Gasteiger partial charge in [0.15, 0.2) is 0 Å². The van der Waals surface area contributed by atoms with Gasteiger partial charge in [-0.05, 0) is 76.8 Å². The Hall–Kier alpha value is -3.00. The third-order valence-electron chi connectivity index (χ3n) is 4.46. The molecule has 0 aromatic carbocycles. The predicted molar refractivity (Wildman–Crippen MR) is 129 cm³/mol. The summed E-state index contributed by atoms with van der Waals surface area (Å²) in [5, 5.41) is 7.15. The van der Waals surface area contributed by atoms with E-state index in [1.165, 1.54) is 0 Å². The standard InChI is InChI=1S/C24H31N5O2S/c1-17-12-14-25-21(15-17)29-20-10-8-9-18(28-20)19-16-27-22(32-19)11-6-5-7-13-26-23(30)31-24(2,3)4/h8-10,12,14-16H,5-7,11,13H2,1-4H3,(H,26,30)(H,25,28,29). The first-order valence-corrected chi connectivity index (χ1v) is 11.7. The van der Waals surface area contributed by atoms with Crippen molar-refractivity contribution in [3.8, 4) is 10.6 Å². The van der Waals surface area contributed by atoms with Crippen molar-refractivity contribution in [2.75, 3.05) is 11.9 Å². The van der Waals surface area contributed by atoms with Crippen molar-refractivity contribution in [1.29, 1.82) is 0 Å². The average Bonchev–Trinajstić information content (AvgIpc) is 3.18. The molecular weight excluding hydrogens is 422 g/mol. The highest BCUT2D eigenvalue weighted by atomic mass is 32.1. The van der Waals surface area contributed by atoms with Crippen LogP contribution in [-0.4, -0.2) is 33.2 Å². The number of nitrogens with zero attached hydrogens (tertiary/aromatic N) is 3. The van der Waals surface area contributed by atoms with Crippen molar-refractivity contribution >= 4 is 29.1 Å². The second-order valence-electron chi connectivity index (χ2n) is 8.61. The molecule has 0 atom stereocenters. The molecular formula is C24H31N5O2S. The van der Waals surface area contributed by atoms with Crippen molar-refractivity contribution in [2.45, 2.75) is 59.0 Å². The normalized spacial score (nSPS) is 11.2. The van der Waals surface area contributed by atoms with Crippen LogP contribution in [0.25, 0.3) is 10.6 Å². The van der Waals surface area contributed by atoms with E-state index in [2.05, 4.69) is 20.6 Å². The predicted octanol–water partition coefficient (Wildman–Crippen LogP) is 5.89. The quantitative estimate of drug-likeness (QED) is 0.393. The van der Waals surface area contributed by atoms with Gasteiger partial charge in [0.05, 0.1) is 15.6 Å². The number of aromatic nitrogens is 3. The lowest BCUT2D eigenvalue weighted by atomic mass is 10.2. The van der Waals surface area contributed by atoms with Gasteiger partial charge in [-0.3, -0.25) is 0 Å². The van der Waals surface area contributed by atoms with Crippen LogP contribution in [0.2, 0.25) is 0 Å². The van der Waals surface area contributed by atoms with E-state index in [1.54, 1.807) is 17.5 Å². The fraction of sp³-hybridized carbons (Fsp3) is 0.417. The first kappa shape index (κ1) is 23.7. The number of carbonyl (C=O) groups is 1. The molecule has 32 heavy (non-hydrogen) atoms. The van der Waals surface area contributed by atoms with Crippen LogP contribution in [-0.2, 0) is 11.2 Å². The summed E-state index contributed by atoms with van der Waals surface area (Å²) in [5.41, 5.74) is 1.58. The van der Waals surface area contributed by atoms with E-state index in [4.69, 9.17) is 9.72 Å². The van der Waals surface area contributed by atoms with Gasteiger partial charge in [-0.1, -0.05) is 12.5 Å². The summed E-state index contributed by atoms with van der Waals surface area (Å²) in [5.74, 6) is 1.54. The molecule has 3 rings (SSSR count). The number of rotatable bonds is 9. The van der Waals surface area contributed by atoms with Crippen LogP contribution >= 0.6 is 11.3 Å². The third kappa shape index (κ3) is 7.92. The molecule has 0 unspecified atom stereocenters. The number of hydrogen-bond donors (Lipinski definition) is 2. The summed E-state index contributed by atoms with van der Waals surface area (Å²) in [4.78, 5) is 26.3. The molecule has 3 aromatic heterocycles. The van der Waals surface area contributed by atoms with E-state index < -0.39 is 5.60 Å². The Morgan fingerprint density at radius 1 is 1.09 bits per heavy atom. The molecule has 170 valence electrons. The van der Waals surface area contributed by atoms with Crippen molar-refractivity contribution in [2.24, 2.45) is 0 Å². The number of anilines is 2. The van der Waals surface area contributed by atoms with E-state index in [9.17, 15) is 4.79 Å². The molecule has 0 spiro atoms. The molecule has 0 saturated carbocycles. The molecule has 0 radical (unpaired) electrons. The van der Waals surface area contributed by atoms with Crippen LogP contribution < -0.4 is 10.6 Å². The zero-order valence-electron chi connectivity index (χ0n) is 19.1. The minimum absolute atomic E-state index is 0.357. The Balaban J connectivity index is 1.44. The molecule has 0 saturated heterocycles. The smallest absolute Gasteiger partial charge is 0.407 e. The fourth-order valence-electron chi connectivity index (χ4n) is 3.00. The largest absolute Gasteiger partial charge is 0.444 e. The molecule has 0 aliphatic rings. The Labute approximate surface area is 193 Å². The highest BCUT2D eigenvalue weighted by Crippen LogP contribution is 2.27. The lowest BCUT2D eigenvalue weighted by molar-refractivity contribution is 0.0527. The van der Waals surface area contributed by atoms with Crippen LogP contribution in [0, 0.1) is 6.92 Å². The summed E-state index contributed by atoms with van der Waals surface area (Å²) in [7, 11) is 0. The third-order valence-corrected chi connectivity index (χ3v) is 5.54. The van der Waals surface area contributed by atoms with Crippen molar-refractivity contribution in [3.05, 3.63) is 53.3 Å². The number of alkyl carbamates (subject to hydrolysis) is 1. The van der Waals surface area contributed by atoms with Gasteiger partial charge < -0.3 is 15.4 Å². The summed E-state index contributed by atoms with van der Waals surface area (Å²) < 4.78 is 5.23.